The molecule has 72 valence electrons. The van der Waals surface area contributed by atoms with Crippen molar-refractivity contribution in [2.75, 3.05) is 0 Å². The molecule has 0 aliphatic heterocycles. The zero-order valence-corrected chi connectivity index (χ0v) is 8.72. The van der Waals surface area contributed by atoms with Crippen LogP contribution in [0.25, 0.3) is 0 Å². The normalized spacial score (nSPS) is 10.5. The highest BCUT2D eigenvalue weighted by Gasteiger charge is 2.14. The molecule has 0 saturated heterocycles. The van der Waals surface area contributed by atoms with Crippen molar-refractivity contribution in [3.05, 3.63) is 28.0 Å². The summed E-state index contributed by atoms with van der Waals surface area (Å²) in [7, 11) is 0. The molecule has 0 bridgehead atoms. The number of aryl methyl sites for hydroxylation is 2. The minimum Gasteiger partial charge on any atom is -0.618 e. The van der Waals surface area contributed by atoms with Gasteiger partial charge >= 0.3 is 0 Å². The van der Waals surface area contributed by atoms with Crippen LogP contribution in [-0.2, 0) is 12.8 Å². The number of nitrogens with zero attached hydrogens (tertiary/aromatic N) is 2. The van der Waals surface area contributed by atoms with Gasteiger partial charge in [0, 0.05) is 13.8 Å². The van der Waals surface area contributed by atoms with Gasteiger partial charge in [0.15, 0.2) is 0 Å². The SMILES string of the molecule is CCc1nc(CC)c(C)[n+]([O-])c1C. The number of aromatic nitrogens is 2. The lowest BCUT2D eigenvalue weighted by Crippen LogP contribution is -2.37. The van der Waals surface area contributed by atoms with E-state index < -0.39 is 0 Å². The third kappa shape index (κ3) is 1.64. The van der Waals surface area contributed by atoms with Gasteiger partial charge in [-0.25, -0.2) is 4.98 Å². The summed E-state index contributed by atoms with van der Waals surface area (Å²) in [6.45, 7) is 7.69. The van der Waals surface area contributed by atoms with Crippen molar-refractivity contribution in [3.8, 4) is 0 Å². The van der Waals surface area contributed by atoms with Crippen LogP contribution in [0.15, 0.2) is 0 Å². The first-order valence-corrected chi connectivity index (χ1v) is 4.70. The Bertz CT molecular complexity index is 293. The molecule has 3 heteroatoms. The first-order valence-electron chi connectivity index (χ1n) is 4.70. The fourth-order valence-corrected chi connectivity index (χ4v) is 1.48. The molecule has 0 fully saturated rings. The molecule has 0 amide bonds. The van der Waals surface area contributed by atoms with Crippen molar-refractivity contribution < 1.29 is 4.73 Å². The Kier molecular flexibility index (Phi) is 2.86. The van der Waals surface area contributed by atoms with Crippen molar-refractivity contribution in [1.82, 2.24) is 4.98 Å². The van der Waals surface area contributed by atoms with E-state index in [0.717, 1.165) is 40.3 Å². The maximum Gasteiger partial charge on any atom is 0.211 e. The van der Waals surface area contributed by atoms with Gasteiger partial charge in [-0.05, 0) is 12.8 Å². The highest BCUT2D eigenvalue weighted by atomic mass is 16.5. The van der Waals surface area contributed by atoms with Gasteiger partial charge in [-0.3, -0.25) is 0 Å². The summed E-state index contributed by atoms with van der Waals surface area (Å²) in [5, 5.41) is 11.6. The van der Waals surface area contributed by atoms with Crippen LogP contribution in [0.2, 0.25) is 0 Å². The van der Waals surface area contributed by atoms with Gasteiger partial charge < -0.3 is 5.21 Å². The fourth-order valence-electron chi connectivity index (χ4n) is 1.48. The molecule has 0 N–H and O–H groups in total. The molecule has 0 spiro atoms. The van der Waals surface area contributed by atoms with Crippen LogP contribution in [0.3, 0.4) is 0 Å². The quantitative estimate of drug-likeness (QED) is 0.510. The predicted octanol–water partition coefficient (Wildman–Crippen LogP) is 1.46. The molecule has 1 aromatic rings. The maximum atomic E-state index is 11.6. The molecule has 1 heterocycles. The topological polar surface area (TPSA) is 39.8 Å². The summed E-state index contributed by atoms with van der Waals surface area (Å²) < 4.78 is 0.991. The molecule has 3 nitrogen and oxygen atoms in total. The van der Waals surface area contributed by atoms with Gasteiger partial charge in [-0.2, -0.15) is 4.73 Å². The maximum absolute atomic E-state index is 11.6. The average Bonchev–Trinajstić information content (AvgIpc) is 2.15. The minimum atomic E-state index is 0.734. The van der Waals surface area contributed by atoms with E-state index in [2.05, 4.69) is 4.98 Å². The zero-order chi connectivity index (χ0) is 10.0. The molecule has 0 radical (unpaired) electrons. The predicted molar refractivity (Wildman–Crippen MR) is 51.4 cm³/mol. The van der Waals surface area contributed by atoms with Crippen LogP contribution < -0.4 is 4.73 Å². The summed E-state index contributed by atoms with van der Waals surface area (Å²) in [5.74, 6) is 0. The fraction of sp³-hybridized carbons (Fsp3) is 0.600. The van der Waals surface area contributed by atoms with E-state index in [0.29, 0.717) is 0 Å². The Morgan fingerprint density at radius 3 is 1.77 bits per heavy atom. The van der Waals surface area contributed by atoms with Gasteiger partial charge in [-0.1, -0.05) is 13.8 Å². The van der Waals surface area contributed by atoms with Crippen LogP contribution in [0.1, 0.15) is 36.6 Å². The van der Waals surface area contributed by atoms with E-state index in [1.165, 1.54) is 0 Å². The summed E-state index contributed by atoms with van der Waals surface area (Å²) in [4.78, 5) is 4.45. The first-order chi connectivity index (χ1) is 6.11. The van der Waals surface area contributed by atoms with E-state index in [9.17, 15) is 5.21 Å². The monoisotopic (exact) mass is 180 g/mol. The van der Waals surface area contributed by atoms with E-state index in [1.807, 2.05) is 27.7 Å². The van der Waals surface area contributed by atoms with Crippen LogP contribution in [-0.4, -0.2) is 4.98 Å². The second kappa shape index (κ2) is 3.73. The molecular weight excluding hydrogens is 164 g/mol. The molecular formula is C10H16N2O. The molecule has 0 aromatic carbocycles. The van der Waals surface area contributed by atoms with Gasteiger partial charge in [0.2, 0.25) is 11.4 Å². The van der Waals surface area contributed by atoms with Crippen molar-refractivity contribution in [3.63, 3.8) is 0 Å². The highest BCUT2D eigenvalue weighted by molar-refractivity contribution is 5.13. The summed E-state index contributed by atoms with van der Waals surface area (Å²) >= 11 is 0. The molecule has 1 rings (SSSR count). The summed E-state index contributed by atoms with van der Waals surface area (Å²) in [6.07, 6.45) is 1.64. The van der Waals surface area contributed by atoms with E-state index in [1.54, 1.807) is 0 Å². The molecule has 13 heavy (non-hydrogen) atoms. The van der Waals surface area contributed by atoms with E-state index in [-0.39, 0.29) is 0 Å². The van der Waals surface area contributed by atoms with Gasteiger partial charge in [0.25, 0.3) is 0 Å². The highest BCUT2D eigenvalue weighted by Crippen LogP contribution is 2.06. The number of hydrogen-bond donors (Lipinski definition) is 0. The minimum absolute atomic E-state index is 0.734. The lowest BCUT2D eigenvalue weighted by Gasteiger charge is -2.10. The van der Waals surface area contributed by atoms with Crippen molar-refractivity contribution >= 4 is 0 Å². The lowest BCUT2D eigenvalue weighted by molar-refractivity contribution is -0.620. The Balaban J connectivity index is 3.36. The zero-order valence-electron chi connectivity index (χ0n) is 8.72. The third-order valence-corrected chi connectivity index (χ3v) is 2.38. The molecule has 0 aliphatic rings. The number of rotatable bonds is 2. The Labute approximate surface area is 79.0 Å². The lowest BCUT2D eigenvalue weighted by atomic mass is 10.2. The van der Waals surface area contributed by atoms with Crippen molar-refractivity contribution in [1.29, 1.82) is 0 Å². The second-order valence-electron chi connectivity index (χ2n) is 3.18. The first kappa shape index (κ1) is 9.96. The van der Waals surface area contributed by atoms with Crippen LogP contribution in [0.5, 0.6) is 0 Å². The summed E-state index contributed by atoms with van der Waals surface area (Å²) in [6, 6.07) is 0. The van der Waals surface area contributed by atoms with Gasteiger partial charge in [0.05, 0.1) is 0 Å². The Morgan fingerprint density at radius 2 is 1.46 bits per heavy atom. The van der Waals surface area contributed by atoms with Crippen molar-refractivity contribution in [2.45, 2.75) is 40.5 Å². The molecule has 0 unspecified atom stereocenters. The van der Waals surface area contributed by atoms with E-state index >= 15 is 0 Å². The Hall–Kier alpha value is -1.12. The molecule has 0 saturated carbocycles. The van der Waals surface area contributed by atoms with Crippen molar-refractivity contribution in [2.24, 2.45) is 0 Å². The van der Waals surface area contributed by atoms with E-state index in [4.69, 9.17) is 0 Å². The van der Waals surface area contributed by atoms with Crippen LogP contribution >= 0.6 is 0 Å². The van der Waals surface area contributed by atoms with Crippen LogP contribution in [0, 0.1) is 19.1 Å². The van der Waals surface area contributed by atoms with Crippen LogP contribution in [0.4, 0.5) is 0 Å². The average molecular weight is 180 g/mol. The molecule has 1 aromatic heterocycles. The molecule has 0 aliphatic carbocycles. The number of hydrogen-bond acceptors (Lipinski definition) is 2. The second-order valence-corrected chi connectivity index (χ2v) is 3.18. The largest absolute Gasteiger partial charge is 0.618 e. The third-order valence-electron chi connectivity index (χ3n) is 2.38. The standard InChI is InChI=1S/C10H16N2O/c1-5-9-7(3)12(13)8(4)10(6-2)11-9/h5-6H2,1-4H3. The van der Waals surface area contributed by atoms with Gasteiger partial charge in [0.1, 0.15) is 11.4 Å². The molecule has 0 atom stereocenters. The summed E-state index contributed by atoms with van der Waals surface area (Å²) in [5.41, 5.74) is 3.30. The van der Waals surface area contributed by atoms with Gasteiger partial charge in [-0.15, -0.1) is 0 Å². The smallest absolute Gasteiger partial charge is 0.211 e. The Morgan fingerprint density at radius 1 is 1.08 bits per heavy atom.